The molecule has 3 saturated carbocycles. The number of hydrogen-bond acceptors (Lipinski definition) is 5. The maximum atomic E-state index is 13.0. The highest BCUT2D eigenvalue weighted by Crippen LogP contribution is 2.65. The van der Waals surface area contributed by atoms with E-state index in [0.29, 0.717) is 23.3 Å². The molecule has 1 aliphatic heterocycles. The summed E-state index contributed by atoms with van der Waals surface area (Å²) in [6, 6.07) is 6.41. The number of carbonyl (C=O) groups is 2. The predicted molar refractivity (Wildman–Crippen MR) is 133 cm³/mol. The fourth-order valence-corrected chi connectivity index (χ4v) is 6.21. The van der Waals surface area contributed by atoms with Gasteiger partial charge in [-0.15, -0.1) is 0 Å². The van der Waals surface area contributed by atoms with Gasteiger partial charge in [-0.1, -0.05) is 45.4 Å². The normalized spacial score (nSPS) is 30.8. The quantitative estimate of drug-likeness (QED) is 0.508. The van der Waals surface area contributed by atoms with Gasteiger partial charge in [-0.25, -0.2) is 0 Å². The van der Waals surface area contributed by atoms with Crippen LogP contribution in [0.5, 0.6) is 0 Å². The number of benzene rings is 1. The van der Waals surface area contributed by atoms with Crippen LogP contribution in [-0.4, -0.2) is 49.2 Å². The van der Waals surface area contributed by atoms with E-state index >= 15 is 0 Å². The van der Waals surface area contributed by atoms with Crippen molar-refractivity contribution in [2.24, 2.45) is 28.9 Å². The number of nitrogens with one attached hydrogen (secondary N) is 2. The van der Waals surface area contributed by atoms with Crippen molar-refractivity contribution in [3.05, 3.63) is 35.4 Å². The van der Waals surface area contributed by atoms with Gasteiger partial charge in [0.2, 0.25) is 5.91 Å². The average Bonchev–Trinajstić information content (AvgIpc) is 3.13. The molecule has 0 radical (unpaired) electrons. The number of aryl methyl sites for hydroxylation is 1. The van der Waals surface area contributed by atoms with Gasteiger partial charge in [0, 0.05) is 12.1 Å². The maximum Gasteiger partial charge on any atom is 0.481 e. The summed E-state index contributed by atoms with van der Waals surface area (Å²) in [5.41, 5.74) is 7.70. The van der Waals surface area contributed by atoms with E-state index in [-0.39, 0.29) is 41.4 Å². The summed E-state index contributed by atoms with van der Waals surface area (Å²) < 4.78 is 13.0. The van der Waals surface area contributed by atoms with Crippen LogP contribution in [0.2, 0.25) is 0 Å². The van der Waals surface area contributed by atoms with Crippen LogP contribution < -0.4 is 16.4 Å². The summed E-state index contributed by atoms with van der Waals surface area (Å²) in [4.78, 5) is 25.3. The van der Waals surface area contributed by atoms with E-state index in [1.54, 1.807) is 12.1 Å². The molecule has 34 heavy (non-hydrogen) atoms. The summed E-state index contributed by atoms with van der Waals surface area (Å²) in [6.07, 6.45) is 2.97. The van der Waals surface area contributed by atoms with E-state index in [1.165, 1.54) is 6.42 Å². The second-order valence-electron chi connectivity index (χ2n) is 11.8. The molecule has 1 heterocycles. The topological polar surface area (TPSA) is 103 Å². The van der Waals surface area contributed by atoms with Crippen molar-refractivity contribution in [3.8, 4) is 0 Å². The Morgan fingerprint density at radius 3 is 2.47 bits per heavy atom. The zero-order chi connectivity index (χ0) is 24.8. The summed E-state index contributed by atoms with van der Waals surface area (Å²) >= 11 is 0. The van der Waals surface area contributed by atoms with E-state index in [1.807, 2.05) is 19.1 Å². The van der Waals surface area contributed by atoms with E-state index in [0.717, 1.165) is 18.4 Å². The van der Waals surface area contributed by atoms with Gasteiger partial charge in [0.15, 0.2) is 0 Å². The van der Waals surface area contributed by atoms with E-state index in [4.69, 9.17) is 15.0 Å². The molecule has 3 aliphatic carbocycles. The molecule has 0 aromatic heterocycles. The predicted octanol–water partition coefficient (Wildman–Crippen LogP) is 2.85. The first-order valence-corrected chi connectivity index (χ1v) is 12.7. The molecule has 5 rings (SSSR count). The first-order chi connectivity index (χ1) is 15.9. The zero-order valence-corrected chi connectivity index (χ0v) is 21.4. The van der Waals surface area contributed by atoms with Crippen LogP contribution in [0, 0.1) is 30.1 Å². The van der Waals surface area contributed by atoms with Gasteiger partial charge in [-0.2, -0.15) is 0 Å². The Balaban J connectivity index is 1.36. The fourth-order valence-electron chi connectivity index (χ4n) is 6.21. The first kappa shape index (κ1) is 25.2. The minimum absolute atomic E-state index is 0.0532. The van der Waals surface area contributed by atoms with Crippen LogP contribution in [-0.2, 0) is 14.1 Å². The van der Waals surface area contributed by atoms with Crippen molar-refractivity contribution in [1.82, 2.24) is 10.6 Å². The molecule has 2 bridgehead atoms. The smallest absolute Gasteiger partial charge is 0.404 e. The van der Waals surface area contributed by atoms with Crippen LogP contribution >= 0.6 is 0 Å². The van der Waals surface area contributed by atoms with Crippen molar-refractivity contribution in [2.45, 2.75) is 84.5 Å². The molecule has 186 valence electrons. The molecule has 1 aromatic carbocycles. The lowest BCUT2D eigenvalue weighted by atomic mass is 9.43. The van der Waals surface area contributed by atoms with Gasteiger partial charge in [0.1, 0.15) is 6.04 Å². The van der Waals surface area contributed by atoms with Crippen molar-refractivity contribution in [1.29, 1.82) is 0 Å². The second kappa shape index (κ2) is 9.28. The highest BCUT2D eigenvalue weighted by Gasteiger charge is 2.68. The second-order valence-corrected chi connectivity index (χ2v) is 11.8. The van der Waals surface area contributed by atoms with E-state index in [9.17, 15) is 9.59 Å². The molecule has 1 saturated heterocycles. The molecular formula is C26H40BN3O4. The monoisotopic (exact) mass is 469 g/mol. The summed E-state index contributed by atoms with van der Waals surface area (Å²) in [5.74, 6) is 0.615. The van der Waals surface area contributed by atoms with Crippen molar-refractivity contribution >= 4 is 18.9 Å². The summed E-state index contributed by atoms with van der Waals surface area (Å²) in [6.45, 7) is 13.1. The molecule has 8 heteroatoms. The first-order valence-electron chi connectivity index (χ1n) is 12.7. The van der Waals surface area contributed by atoms with E-state index < -0.39 is 13.2 Å². The SMILES string of the molecule is Cc1ccc(C(=O)NC[C@H](N)C(=O)N[C@@H](CC(C)C)B2O[C@@H]3C[C@H]4C[C@H](C4(C)C)[C@]3(C)O2)cc1. The Morgan fingerprint density at radius 1 is 1.18 bits per heavy atom. The van der Waals surface area contributed by atoms with Crippen LogP contribution in [0.3, 0.4) is 0 Å². The fraction of sp³-hybridized carbons (Fsp3) is 0.692. The summed E-state index contributed by atoms with van der Waals surface area (Å²) in [5, 5.41) is 5.83. The molecule has 4 aliphatic rings. The van der Waals surface area contributed by atoms with Crippen molar-refractivity contribution in [3.63, 3.8) is 0 Å². The molecule has 1 aromatic rings. The van der Waals surface area contributed by atoms with Crippen molar-refractivity contribution < 1.29 is 18.9 Å². The summed E-state index contributed by atoms with van der Waals surface area (Å²) in [7, 11) is -0.495. The molecule has 4 fully saturated rings. The highest BCUT2D eigenvalue weighted by molar-refractivity contribution is 6.47. The molecule has 6 atom stereocenters. The third-order valence-corrected chi connectivity index (χ3v) is 8.48. The average molecular weight is 469 g/mol. The lowest BCUT2D eigenvalue weighted by Gasteiger charge is -2.64. The van der Waals surface area contributed by atoms with Gasteiger partial charge in [-0.3, -0.25) is 9.59 Å². The van der Waals surface area contributed by atoms with Gasteiger partial charge < -0.3 is 25.7 Å². The van der Waals surface area contributed by atoms with Crippen molar-refractivity contribution in [2.75, 3.05) is 6.54 Å². The molecule has 0 unspecified atom stereocenters. The standard InChI is InChI=1S/C26H40BN3O4/c1-15(2)11-22(27-33-21-13-18-12-20(25(18,4)5)26(21,6)34-27)30-24(32)19(28)14-29-23(31)17-9-7-16(3)8-10-17/h7-10,15,18-22H,11-14,28H2,1-6H3,(H,29,31)(H,30,32)/t18-,19+,20-,21-,22+,26+/m1/s1. The third kappa shape index (κ3) is 4.64. The highest BCUT2D eigenvalue weighted by atomic mass is 16.7. The lowest BCUT2D eigenvalue weighted by molar-refractivity contribution is -0.199. The van der Waals surface area contributed by atoms with Crippen LogP contribution in [0.15, 0.2) is 24.3 Å². The Hall–Kier alpha value is -1.90. The molecule has 7 nitrogen and oxygen atoms in total. The Bertz CT molecular complexity index is 921. The molecular weight excluding hydrogens is 429 g/mol. The Kier molecular flexibility index (Phi) is 6.88. The van der Waals surface area contributed by atoms with E-state index in [2.05, 4.69) is 45.3 Å². The molecule has 0 spiro atoms. The number of carbonyl (C=O) groups excluding carboxylic acids is 2. The Labute approximate surface area is 204 Å². The third-order valence-electron chi connectivity index (χ3n) is 8.48. The molecule has 2 amide bonds. The van der Waals surface area contributed by atoms with Crippen LogP contribution in [0.25, 0.3) is 0 Å². The van der Waals surface area contributed by atoms with Gasteiger partial charge in [0.05, 0.1) is 17.6 Å². The lowest BCUT2D eigenvalue weighted by Crippen LogP contribution is -2.65. The molecule has 4 N–H and O–H groups in total. The number of hydrogen-bond donors (Lipinski definition) is 3. The maximum absolute atomic E-state index is 13.0. The largest absolute Gasteiger partial charge is 0.481 e. The number of rotatable bonds is 8. The number of amides is 2. The Morgan fingerprint density at radius 2 is 1.85 bits per heavy atom. The van der Waals surface area contributed by atoms with Gasteiger partial charge >= 0.3 is 7.12 Å². The minimum Gasteiger partial charge on any atom is -0.404 e. The van der Waals surface area contributed by atoms with Gasteiger partial charge in [0.25, 0.3) is 5.91 Å². The van der Waals surface area contributed by atoms with Crippen LogP contribution in [0.1, 0.15) is 69.8 Å². The number of nitrogens with two attached hydrogens (primary N) is 1. The minimum atomic E-state index is -0.866. The van der Waals surface area contributed by atoms with Gasteiger partial charge in [-0.05, 0) is 68.4 Å². The zero-order valence-electron chi connectivity index (χ0n) is 21.4. The van der Waals surface area contributed by atoms with Crippen LogP contribution in [0.4, 0.5) is 0 Å².